The third kappa shape index (κ3) is 1.66. The molecule has 0 saturated carbocycles. The molecule has 0 aromatic heterocycles. The Morgan fingerprint density at radius 3 is 3.07 bits per heavy atom. The molecule has 0 bridgehead atoms. The third-order valence-electron chi connectivity index (χ3n) is 2.54. The van der Waals surface area contributed by atoms with E-state index in [-0.39, 0.29) is 4.83 Å². The van der Waals surface area contributed by atoms with Crippen LogP contribution in [0.5, 0.6) is 5.75 Å². The number of aliphatic hydroxyl groups excluding tert-OH is 1. The van der Waals surface area contributed by atoms with Gasteiger partial charge in [-0.25, -0.2) is 0 Å². The average Bonchev–Trinajstić information content (AvgIpc) is 2.23. The standard InChI is InChI=1S/C11H13BrO2/c1-2-7-3-4-10-8(5-7)11(13)9(12)6-14-10/h3-5,9,11,13H,2,6H2,1H3/t9-,11+/m0/s1. The van der Waals surface area contributed by atoms with Gasteiger partial charge in [-0.2, -0.15) is 0 Å². The molecule has 2 nitrogen and oxygen atoms in total. The maximum atomic E-state index is 9.92. The minimum Gasteiger partial charge on any atom is -0.492 e. The summed E-state index contributed by atoms with van der Waals surface area (Å²) in [4.78, 5) is 0.00195. The van der Waals surface area contributed by atoms with Crippen molar-refractivity contribution in [2.45, 2.75) is 24.3 Å². The summed E-state index contributed by atoms with van der Waals surface area (Å²) in [6.07, 6.45) is 0.526. The Bertz CT molecular complexity index is 338. The van der Waals surface area contributed by atoms with Crippen LogP contribution >= 0.6 is 15.9 Å². The molecular formula is C11H13BrO2. The Morgan fingerprint density at radius 1 is 1.57 bits per heavy atom. The Morgan fingerprint density at radius 2 is 2.36 bits per heavy atom. The molecule has 2 atom stereocenters. The van der Waals surface area contributed by atoms with Crippen LogP contribution in [0, 0.1) is 0 Å². The fourth-order valence-electron chi connectivity index (χ4n) is 1.64. The second kappa shape index (κ2) is 3.91. The van der Waals surface area contributed by atoms with E-state index in [1.165, 1.54) is 5.56 Å². The van der Waals surface area contributed by atoms with Crippen molar-refractivity contribution in [3.05, 3.63) is 29.3 Å². The van der Waals surface area contributed by atoms with E-state index in [0.29, 0.717) is 6.61 Å². The minimum atomic E-state index is -0.453. The van der Waals surface area contributed by atoms with Crippen LogP contribution in [0.3, 0.4) is 0 Å². The zero-order valence-corrected chi connectivity index (χ0v) is 9.62. The molecule has 1 aromatic carbocycles. The summed E-state index contributed by atoms with van der Waals surface area (Å²) in [5.41, 5.74) is 2.13. The van der Waals surface area contributed by atoms with E-state index in [1.807, 2.05) is 18.2 Å². The smallest absolute Gasteiger partial charge is 0.125 e. The number of benzene rings is 1. The van der Waals surface area contributed by atoms with Crippen LogP contribution in [0.2, 0.25) is 0 Å². The molecule has 0 aliphatic carbocycles. The van der Waals surface area contributed by atoms with Crippen molar-refractivity contribution in [3.8, 4) is 5.75 Å². The first-order valence-electron chi connectivity index (χ1n) is 4.80. The van der Waals surface area contributed by atoms with Gasteiger partial charge in [-0.05, 0) is 24.1 Å². The van der Waals surface area contributed by atoms with Crippen molar-refractivity contribution in [3.63, 3.8) is 0 Å². The van der Waals surface area contributed by atoms with Crippen molar-refractivity contribution in [1.82, 2.24) is 0 Å². The van der Waals surface area contributed by atoms with E-state index in [1.54, 1.807) is 0 Å². The molecular weight excluding hydrogens is 244 g/mol. The largest absolute Gasteiger partial charge is 0.492 e. The summed E-state index contributed by atoms with van der Waals surface area (Å²) < 4.78 is 5.50. The number of ether oxygens (including phenoxy) is 1. The molecule has 0 fully saturated rings. The van der Waals surface area contributed by atoms with Gasteiger partial charge in [0.2, 0.25) is 0 Å². The van der Waals surface area contributed by atoms with Crippen LogP contribution in [0.25, 0.3) is 0 Å². The molecule has 76 valence electrons. The lowest BCUT2D eigenvalue weighted by molar-refractivity contribution is 0.125. The Kier molecular flexibility index (Phi) is 2.79. The second-order valence-corrected chi connectivity index (χ2v) is 4.67. The lowest BCUT2D eigenvalue weighted by atomic mass is 10.00. The van der Waals surface area contributed by atoms with Crippen LogP contribution in [0.1, 0.15) is 24.2 Å². The predicted octanol–water partition coefficient (Wildman–Crippen LogP) is 2.44. The van der Waals surface area contributed by atoms with Crippen molar-refractivity contribution in [1.29, 1.82) is 0 Å². The van der Waals surface area contributed by atoms with Gasteiger partial charge in [-0.1, -0.05) is 28.9 Å². The fourth-order valence-corrected chi connectivity index (χ4v) is 2.05. The van der Waals surface area contributed by atoms with E-state index >= 15 is 0 Å². The summed E-state index contributed by atoms with van der Waals surface area (Å²) in [5.74, 6) is 0.811. The summed E-state index contributed by atoms with van der Waals surface area (Å²) in [6, 6.07) is 6.00. The number of aryl methyl sites for hydroxylation is 1. The first-order chi connectivity index (χ1) is 6.72. The van der Waals surface area contributed by atoms with Gasteiger partial charge >= 0.3 is 0 Å². The topological polar surface area (TPSA) is 29.5 Å². The Hall–Kier alpha value is -0.540. The van der Waals surface area contributed by atoms with Crippen LogP contribution < -0.4 is 4.74 Å². The summed E-state index contributed by atoms with van der Waals surface area (Å²) in [6.45, 7) is 2.63. The summed E-state index contributed by atoms with van der Waals surface area (Å²) in [5, 5.41) is 9.92. The highest BCUT2D eigenvalue weighted by Crippen LogP contribution is 2.35. The van der Waals surface area contributed by atoms with Crippen molar-refractivity contribution < 1.29 is 9.84 Å². The Balaban J connectivity index is 2.41. The zero-order valence-electron chi connectivity index (χ0n) is 8.03. The molecule has 1 aromatic rings. The van der Waals surface area contributed by atoms with Crippen LogP contribution in [-0.4, -0.2) is 16.5 Å². The van der Waals surface area contributed by atoms with Gasteiger partial charge in [0.05, 0.1) is 10.9 Å². The average molecular weight is 257 g/mol. The molecule has 1 heterocycles. The van der Waals surface area contributed by atoms with Gasteiger partial charge in [0.1, 0.15) is 12.4 Å². The molecule has 0 unspecified atom stereocenters. The molecule has 3 heteroatoms. The molecule has 0 amide bonds. The normalized spacial score (nSPS) is 25.4. The third-order valence-corrected chi connectivity index (χ3v) is 3.31. The summed E-state index contributed by atoms with van der Waals surface area (Å²) in [7, 11) is 0. The van der Waals surface area contributed by atoms with E-state index < -0.39 is 6.10 Å². The number of halogens is 1. The number of alkyl halides is 1. The van der Waals surface area contributed by atoms with Gasteiger partial charge in [-0.15, -0.1) is 0 Å². The van der Waals surface area contributed by atoms with Gasteiger partial charge in [0.25, 0.3) is 0 Å². The van der Waals surface area contributed by atoms with Crippen molar-refractivity contribution >= 4 is 15.9 Å². The highest BCUT2D eigenvalue weighted by molar-refractivity contribution is 9.09. The Labute approximate surface area is 92.0 Å². The molecule has 0 spiro atoms. The quantitative estimate of drug-likeness (QED) is 0.783. The van der Waals surface area contributed by atoms with Gasteiger partial charge in [-0.3, -0.25) is 0 Å². The molecule has 1 N–H and O–H groups in total. The fraction of sp³-hybridized carbons (Fsp3) is 0.455. The first kappa shape index (κ1) is 9.99. The van der Waals surface area contributed by atoms with Gasteiger partial charge < -0.3 is 9.84 Å². The van der Waals surface area contributed by atoms with Crippen LogP contribution in [0.15, 0.2) is 18.2 Å². The van der Waals surface area contributed by atoms with Gasteiger partial charge in [0, 0.05) is 5.56 Å². The number of aliphatic hydroxyl groups is 1. The van der Waals surface area contributed by atoms with Crippen molar-refractivity contribution in [2.75, 3.05) is 6.61 Å². The van der Waals surface area contributed by atoms with E-state index in [9.17, 15) is 5.11 Å². The highest BCUT2D eigenvalue weighted by Gasteiger charge is 2.27. The van der Waals surface area contributed by atoms with Crippen molar-refractivity contribution in [2.24, 2.45) is 0 Å². The lowest BCUT2D eigenvalue weighted by Gasteiger charge is -2.27. The van der Waals surface area contributed by atoms with Crippen LogP contribution in [0.4, 0.5) is 0 Å². The van der Waals surface area contributed by atoms with E-state index in [0.717, 1.165) is 17.7 Å². The molecule has 14 heavy (non-hydrogen) atoms. The maximum absolute atomic E-state index is 9.92. The minimum absolute atomic E-state index is 0.00195. The number of rotatable bonds is 1. The molecule has 1 aliphatic rings. The molecule has 2 rings (SSSR count). The maximum Gasteiger partial charge on any atom is 0.125 e. The first-order valence-corrected chi connectivity index (χ1v) is 5.71. The predicted molar refractivity (Wildman–Crippen MR) is 59.0 cm³/mol. The summed E-state index contributed by atoms with van der Waals surface area (Å²) >= 11 is 3.39. The SMILES string of the molecule is CCc1ccc2c(c1)[C@@H](O)[C@@H](Br)CO2. The van der Waals surface area contributed by atoms with Crippen LogP contribution in [-0.2, 0) is 6.42 Å². The second-order valence-electron chi connectivity index (χ2n) is 3.50. The number of hydrogen-bond acceptors (Lipinski definition) is 2. The van der Waals surface area contributed by atoms with Gasteiger partial charge in [0.15, 0.2) is 0 Å². The lowest BCUT2D eigenvalue weighted by Crippen LogP contribution is -2.25. The molecule has 0 radical (unpaired) electrons. The molecule has 0 saturated heterocycles. The monoisotopic (exact) mass is 256 g/mol. The molecule has 1 aliphatic heterocycles. The zero-order chi connectivity index (χ0) is 10.1. The van der Waals surface area contributed by atoms with E-state index in [4.69, 9.17) is 4.74 Å². The number of hydrogen-bond donors (Lipinski definition) is 1. The van der Waals surface area contributed by atoms with E-state index in [2.05, 4.69) is 22.9 Å². The number of fused-ring (bicyclic) bond motifs is 1. The highest BCUT2D eigenvalue weighted by atomic mass is 79.9.